The van der Waals surface area contributed by atoms with Crippen molar-refractivity contribution in [2.24, 2.45) is 0 Å². The number of esters is 1. The second-order valence-corrected chi connectivity index (χ2v) is 13.1. The van der Waals surface area contributed by atoms with E-state index in [0.29, 0.717) is 11.1 Å². The number of rotatable bonds is 7. The lowest BCUT2D eigenvalue weighted by molar-refractivity contribution is 0.0527. The number of hydrogen-bond acceptors (Lipinski definition) is 3. The van der Waals surface area contributed by atoms with Gasteiger partial charge in [0.25, 0.3) is 0 Å². The van der Waals surface area contributed by atoms with E-state index in [1.807, 2.05) is 49.4 Å². The van der Waals surface area contributed by atoms with Gasteiger partial charge in [-0.05, 0) is 103 Å². The predicted molar refractivity (Wildman–Crippen MR) is 212 cm³/mol. The third-order valence-electron chi connectivity index (χ3n) is 10.0. The molecule has 0 radical (unpaired) electrons. The van der Waals surface area contributed by atoms with Gasteiger partial charge < -0.3 is 13.9 Å². The minimum absolute atomic E-state index is 0.0188. The maximum Gasteiger partial charge on any atom is 0.338 e. The lowest BCUT2D eigenvalue weighted by Crippen LogP contribution is -2.07. The highest BCUT2D eigenvalue weighted by Crippen LogP contribution is 2.38. The molecule has 0 saturated carbocycles. The molecule has 0 amide bonds. The van der Waals surface area contributed by atoms with Crippen molar-refractivity contribution in [3.63, 3.8) is 0 Å². The molecule has 7 aromatic carbocycles. The Labute approximate surface area is 300 Å². The van der Waals surface area contributed by atoms with Crippen molar-refractivity contribution >= 4 is 55.4 Å². The van der Waals surface area contributed by atoms with E-state index in [1.54, 1.807) is 6.92 Å². The van der Waals surface area contributed by atoms with Crippen LogP contribution in [0.15, 0.2) is 158 Å². The van der Waals surface area contributed by atoms with Gasteiger partial charge >= 0.3 is 5.97 Å². The lowest BCUT2D eigenvalue weighted by Gasteiger charge is -2.16. The molecule has 0 N–H and O–H groups in total. The number of benzene rings is 7. The van der Waals surface area contributed by atoms with Crippen LogP contribution in [0.4, 0.5) is 0 Å². The van der Waals surface area contributed by atoms with Gasteiger partial charge in [-0.15, -0.1) is 0 Å². The Bertz CT molecular complexity index is 2770. The van der Waals surface area contributed by atoms with Crippen LogP contribution in [0.5, 0.6) is 0 Å². The van der Waals surface area contributed by atoms with Gasteiger partial charge in [-0.2, -0.15) is 0 Å². The first-order chi connectivity index (χ1) is 25.5. The summed E-state index contributed by atoms with van der Waals surface area (Å²) in [6.07, 6.45) is 0. The Morgan fingerprint density at radius 2 is 0.885 bits per heavy atom. The van der Waals surface area contributed by atoms with Crippen LogP contribution in [0.1, 0.15) is 34.6 Å². The second kappa shape index (κ2) is 12.6. The van der Waals surface area contributed by atoms with E-state index in [0.717, 1.165) is 66.5 Å². The van der Waals surface area contributed by atoms with Crippen LogP contribution in [-0.4, -0.2) is 27.5 Å². The van der Waals surface area contributed by atoms with Gasteiger partial charge in [0.15, 0.2) is 5.78 Å². The summed E-state index contributed by atoms with van der Waals surface area (Å²) in [6.45, 7) is 3.69. The number of carbonyl (C=O) groups is 2. The van der Waals surface area contributed by atoms with Crippen LogP contribution in [0, 0.1) is 0 Å². The Morgan fingerprint density at radius 1 is 0.481 bits per heavy atom. The van der Waals surface area contributed by atoms with Crippen LogP contribution < -0.4 is 0 Å². The molecule has 0 bridgehead atoms. The Hall–Kier alpha value is -6.72. The van der Waals surface area contributed by atoms with Crippen molar-refractivity contribution in [3.05, 3.63) is 169 Å². The van der Waals surface area contributed by atoms with Crippen LogP contribution in [0.25, 0.3) is 77.2 Å². The van der Waals surface area contributed by atoms with Crippen molar-refractivity contribution in [2.45, 2.75) is 13.8 Å². The van der Waals surface area contributed by atoms with E-state index < -0.39 is 0 Å². The van der Waals surface area contributed by atoms with E-state index in [4.69, 9.17) is 4.74 Å². The summed E-state index contributed by atoms with van der Waals surface area (Å²) >= 11 is 0. The summed E-state index contributed by atoms with van der Waals surface area (Å²) < 4.78 is 10.1. The highest BCUT2D eigenvalue weighted by atomic mass is 16.5. The van der Waals surface area contributed by atoms with E-state index in [9.17, 15) is 9.59 Å². The summed E-state index contributed by atoms with van der Waals surface area (Å²) in [4.78, 5) is 26.6. The number of hydrogen-bond donors (Lipinski definition) is 0. The zero-order valence-electron chi connectivity index (χ0n) is 28.8. The first-order valence-corrected chi connectivity index (χ1v) is 17.6. The molecule has 0 spiro atoms. The maximum absolute atomic E-state index is 13.5. The highest BCUT2D eigenvalue weighted by molar-refractivity contribution is 6.11. The number of aromatic nitrogens is 2. The molecule has 0 aliphatic rings. The number of fused-ring (bicyclic) bond motifs is 6. The summed E-state index contributed by atoms with van der Waals surface area (Å²) in [5, 5.41) is 4.67. The minimum Gasteiger partial charge on any atom is -0.462 e. The molecule has 0 unspecified atom stereocenters. The first-order valence-electron chi connectivity index (χ1n) is 17.6. The Balaban J connectivity index is 1.24. The number of ketones is 1. The molecule has 2 heterocycles. The van der Waals surface area contributed by atoms with Crippen molar-refractivity contribution in [1.82, 2.24) is 9.13 Å². The predicted octanol–water partition coefficient (Wildman–Crippen LogP) is 11.6. The van der Waals surface area contributed by atoms with Crippen molar-refractivity contribution in [1.29, 1.82) is 0 Å². The Morgan fingerprint density at radius 3 is 1.31 bits per heavy atom. The fourth-order valence-corrected chi connectivity index (χ4v) is 7.77. The van der Waals surface area contributed by atoms with Crippen molar-refractivity contribution in [2.75, 3.05) is 6.61 Å². The molecule has 52 heavy (non-hydrogen) atoms. The SMILES string of the molecule is CCOC(=O)c1ccc(-n2c3ccccc3c3ccccc32)cc1-c1cccc(-c2cc(-n3c4ccccc4c4ccccc43)ccc2C(C)=O)c1. The molecule has 0 aliphatic heterocycles. The van der Waals surface area contributed by atoms with Gasteiger partial charge in [0.2, 0.25) is 0 Å². The van der Waals surface area contributed by atoms with E-state index in [1.165, 1.54) is 10.8 Å². The van der Waals surface area contributed by atoms with Gasteiger partial charge in [0, 0.05) is 38.5 Å². The third kappa shape index (κ3) is 5.01. The fourth-order valence-electron chi connectivity index (χ4n) is 7.77. The average molecular weight is 675 g/mol. The summed E-state index contributed by atoms with van der Waals surface area (Å²) in [7, 11) is 0. The molecular weight excluding hydrogens is 641 g/mol. The molecule has 9 rings (SSSR count). The van der Waals surface area contributed by atoms with E-state index in [-0.39, 0.29) is 18.4 Å². The van der Waals surface area contributed by atoms with Gasteiger partial charge in [0.05, 0.1) is 34.2 Å². The zero-order valence-corrected chi connectivity index (χ0v) is 28.8. The molecule has 5 heteroatoms. The summed E-state index contributed by atoms with van der Waals surface area (Å²) in [5.74, 6) is -0.399. The highest BCUT2D eigenvalue weighted by Gasteiger charge is 2.20. The number of nitrogens with zero attached hydrogens (tertiary/aromatic N) is 2. The number of carbonyl (C=O) groups excluding carboxylic acids is 2. The van der Waals surface area contributed by atoms with Gasteiger partial charge in [0.1, 0.15) is 0 Å². The molecule has 0 saturated heterocycles. The van der Waals surface area contributed by atoms with Gasteiger partial charge in [-0.1, -0.05) is 91.0 Å². The normalized spacial score (nSPS) is 11.5. The average Bonchev–Trinajstić information content (AvgIpc) is 3.71. The van der Waals surface area contributed by atoms with Crippen LogP contribution >= 0.6 is 0 Å². The maximum atomic E-state index is 13.5. The zero-order chi connectivity index (χ0) is 35.3. The molecule has 0 atom stereocenters. The smallest absolute Gasteiger partial charge is 0.338 e. The first kappa shape index (κ1) is 31.3. The van der Waals surface area contributed by atoms with Crippen LogP contribution in [0.3, 0.4) is 0 Å². The quantitative estimate of drug-likeness (QED) is 0.125. The molecule has 9 aromatic rings. The Kier molecular flexibility index (Phi) is 7.55. The standard InChI is InChI=1S/C47H34N2O3/c1-3-52-47(51)40-26-24-34(49-45-21-10-6-17-38(45)39-18-7-11-22-46(39)49)29-42(40)32-14-12-13-31(27-32)41-28-33(23-25-35(41)30(2)50)48-43-19-8-4-15-36(43)37-16-5-9-20-44(37)48/h4-29H,3H2,1-2H3. The molecule has 0 fully saturated rings. The minimum atomic E-state index is -0.380. The summed E-state index contributed by atoms with van der Waals surface area (Å²) in [6, 6.07) is 53.7. The van der Waals surface area contributed by atoms with Crippen molar-refractivity contribution < 1.29 is 14.3 Å². The van der Waals surface area contributed by atoms with Gasteiger partial charge in [-0.3, -0.25) is 4.79 Å². The number of Topliss-reactive ketones (excluding diaryl/α,β-unsaturated/α-hetero) is 1. The van der Waals surface area contributed by atoms with Gasteiger partial charge in [-0.25, -0.2) is 4.79 Å². The monoisotopic (exact) mass is 674 g/mol. The largest absolute Gasteiger partial charge is 0.462 e. The molecule has 2 aromatic heterocycles. The lowest BCUT2D eigenvalue weighted by atomic mass is 9.92. The third-order valence-corrected chi connectivity index (χ3v) is 10.0. The number of ether oxygens (including phenoxy) is 1. The molecule has 5 nitrogen and oxygen atoms in total. The molecular formula is C47H34N2O3. The van der Waals surface area contributed by atoms with Crippen molar-refractivity contribution in [3.8, 4) is 33.6 Å². The molecule has 250 valence electrons. The topological polar surface area (TPSA) is 53.2 Å². The molecule has 0 aliphatic carbocycles. The van der Waals surface area contributed by atoms with E-state index >= 15 is 0 Å². The number of para-hydroxylation sites is 4. The fraction of sp³-hybridized carbons (Fsp3) is 0.0638. The van der Waals surface area contributed by atoms with Crippen LogP contribution in [-0.2, 0) is 4.74 Å². The second-order valence-electron chi connectivity index (χ2n) is 13.1. The van der Waals surface area contributed by atoms with E-state index in [2.05, 4.69) is 124 Å². The van der Waals surface area contributed by atoms with Crippen LogP contribution in [0.2, 0.25) is 0 Å². The summed E-state index contributed by atoms with van der Waals surface area (Å²) in [5.41, 5.74) is 10.7.